The number of amides is 1. The van der Waals surface area contributed by atoms with E-state index in [9.17, 15) is 36.3 Å². The number of rotatable bonds is 6. The van der Waals surface area contributed by atoms with Gasteiger partial charge in [-0.2, -0.15) is 26.7 Å². The average molecular weight is 486 g/mol. The van der Waals surface area contributed by atoms with Crippen LogP contribution in [0.2, 0.25) is 0 Å². The maximum Gasteiger partial charge on any atom is 0.516 e. The fourth-order valence-electron chi connectivity index (χ4n) is 3.63. The lowest BCUT2D eigenvalue weighted by atomic mass is 9.79. The van der Waals surface area contributed by atoms with Gasteiger partial charge in [0.05, 0.1) is 28.1 Å². The van der Waals surface area contributed by atoms with Gasteiger partial charge in [-0.15, -0.1) is 0 Å². The minimum atomic E-state index is -5.81. The summed E-state index contributed by atoms with van der Waals surface area (Å²) in [4.78, 5) is 26.9. The number of allylic oxidation sites excluding steroid dienone is 2. The first-order valence-corrected chi connectivity index (χ1v) is 11.3. The molecule has 0 fully saturated rings. The Kier molecular flexibility index (Phi) is 6.04. The van der Waals surface area contributed by atoms with Gasteiger partial charge in [0, 0.05) is 31.4 Å². The Morgan fingerprint density at radius 3 is 2.18 bits per heavy atom. The summed E-state index contributed by atoms with van der Waals surface area (Å²) in [5, 5.41) is 15.5. The van der Waals surface area contributed by atoms with Gasteiger partial charge < -0.3 is 10.0 Å². The SMILES string of the molecule is CCN(CC)c1ccc(C2=C(O)/C(=C3\C(=O)N(C)N=C3C)C2=O)c(NS(=O)(=O)C(F)(F)F)c1. The Labute approximate surface area is 187 Å². The number of likely N-dealkylation sites (N-methyl/N-ethyl adjacent to an activating group) is 1. The Morgan fingerprint density at radius 2 is 1.73 bits per heavy atom. The molecule has 0 saturated carbocycles. The zero-order valence-electron chi connectivity index (χ0n) is 18.1. The van der Waals surface area contributed by atoms with Crippen molar-refractivity contribution < 1.29 is 36.3 Å². The van der Waals surface area contributed by atoms with E-state index in [-0.39, 0.29) is 22.4 Å². The first-order chi connectivity index (χ1) is 15.2. The van der Waals surface area contributed by atoms with E-state index in [0.29, 0.717) is 18.8 Å². The number of alkyl halides is 3. The highest BCUT2D eigenvalue weighted by atomic mass is 32.2. The summed E-state index contributed by atoms with van der Waals surface area (Å²) in [5.41, 5.74) is -6.64. The predicted octanol–water partition coefficient (Wildman–Crippen LogP) is 2.79. The van der Waals surface area contributed by atoms with Crippen LogP contribution in [0, 0.1) is 0 Å². The van der Waals surface area contributed by atoms with E-state index in [4.69, 9.17) is 0 Å². The number of hydrogen-bond donors (Lipinski definition) is 2. The minimum Gasteiger partial charge on any atom is -0.506 e. The van der Waals surface area contributed by atoms with Crippen molar-refractivity contribution in [3.63, 3.8) is 0 Å². The predicted molar refractivity (Wildman–Crippen MR) is 116 cm³/mol. The molecule has 0 bridgehead atoms. The van der Waals surface area contributed by atoms with Crippen LogP contribution >= 0.6 is 0 Å². The first kappa shape index (κ1) is 24.3. The largest absolute Gasteiger partial charge is 0.516 e. The number of benzene rings is 1. The number of nitrogens with zero attached hydrogens (tertiary/aromatic N) is 3. The van der Waals surface area contributed by atoms with Crippen LogP contribution in [-0.4, -0.2) is 61.6 Å². The van der Waals surface area contributed by atoms with Crippen LogP contribution in [0.25, 0.3) is 5.57 Å². The first-order valence-electron chi connectivity index (χ1n) is 9.79. The number of ketones is 1. The number of aliphatic hydroxyl groups excluding tert-OH is 1. The molecule has 0 atom stereocenters. The molecule has 0 unspecified atom stereocenters. The maximum absolute atomic E-state index is 13.0. The Balaban J connectivity index is 2.19. The lowest BCUT2D eigenvalue weighted by Crippen LogP contribution is -2.32. The molecule has 33 heavy (non-hydrogen) atoms. The standard InChI is InChI=1S/C20H21F3N4O5S/c1-5-27(6-2)11-7-8-12(13(9-11)25-33(31,32)20(21,22)23)15-17(28)16(18(15)29)14-10(3)24-26(4)19(14)30/h7-9,25,28H,5-6H2,1-4H3/b16-14+. The van der Waals surface area contributed by atoms with E-state index in [1.165, 1.54) is 30.8 Å². The summed E-state index contributed by atoms with van der Waals surface area (Å²) in [5.74, 6) is -2.07. The third-order valence-electron chi connectivity index (χ3n) is 5.30. The number of sulfonamides is 1. The van der Waals surface area contributed by atoms with Crippen molar-refractivity contribution in [3.05, 3.63) is 40.7 Å². The van der Waals surface area contributed by atoms with Crippen LogP contribution in [0.1, 0.15) is 26.3 Å². The zero-order chi connectivity index (χ0) is 24.9. The molecule has 0 aromatic heterocycles. The molecule has 2 N–H and O–H groups in total. The number of hydrogen-bond acceptors (Lipinski definition) is 7. The summed E-state index contributed by atoms with van der Waals surface area (Å²) in [7, 11) is -4.45. The van der Waals surface area contributed by atoms with Gasteiger partial charge in [-0.1, -0.05) is 0 Å². The van der Waals surface area contributed by atoms with E-state index < -0.39 is 44.2 Å². The number of carbonyl (C=O) groups is 2. The van der Waals surface area contributed by atoms with Gasteiger partial charge in [-0.3, -0.25) is 14.3 Å². The van der Waals surface area contributed by atoms with Gasteiger partial charge in [0.15, 0.2) is 0 Å². The quantitative estimate of drug-likeness (QED) is 0.597. The third-order valence-corrected chi connectivity index (χ3v) is 6.40. The molecular weight excluding hydrogens is 465 g/mol. The molecule has 13 heteroatoms. The summed E-state index contributed by atoms with van der Waals surface area (Å²) < 4.78 is 64.2. The fraction of sp³-hybridized carbons (Fsp3) is 0.350. The molecule has 1 aliphatic carbocycles. The van der Waals surface area contributed by atoms with Crippen LogP contribution in [-0.2, 0) is 19.6 Å². The molecular formula is C20H21F3N4O5S. The van der Waals surface area contributed by atoms with E-state index in [0.717, 1.165) is 11.1 Å². The summed E-state index contributed by atoms with van der Waals surface area (Å²) >= 11 is 0. The lowest BCUT2D eigenvalue weighted by Gasteiger charge is -2.27. The van der Waals surface area contributed by atoms with Gasteiger partial charge in [0.2, 0.25) is 5.78 Å². The van der Waals surface area contributed by atoms with Gasteiger partial charge in [0.25, 0.3) is 5.91 Å². The zero-order valence-corrected chi connectivity index (χ0v) is 18.9. The number of aliphatic hydroxyl groups is 1. The van der Waals surface area contributed by atoms with Crippen molar-refractivity contribution in [2.24, 2.45) is 5.10 Å². The number of anilines is 2. The number of carbonyl (C=O) groups excluding carboxylic acids is 2. The van der Waals surface area contributed by atoms with E-state index >= 15 is 0 Å². The summed E-state index contributed by atoms with van der Waals surface area (Å²) in [6.07, 6.45) is 0. The minimum absolute atomic E-state index is 0.124. The van der Waals surface area contributed by atoms with Crippen molar-refractivity contribution in [1.82, 2.24) is 5.01 Å². The molecule has 0 spiro atoms. The molecule has 1 aromatic carbocycles. The second kappa shape index (κ2) is 8.21. The number of Topliss-reactive ketones (excluding diaryl/α,β-unsaturated/α-hetero) is 1. The highest BCUT2D eigenvalue weighted by molar-refractivity contribution is 7.93. The normalized spacial score (nSPS) is 19.1. The summed E-state index contributed by atoms with van der Waals surface area (Å²) in [6.45, 7) is 6.04. The van der Waals surface area contributed by atoms with Crippen LogP contribution in [0.15, 0.2) is 40.2 Å². The molecule has 1 aromatic rings. The lowest BCUT2D eigenvalue weighted by molar-refractivity contribution is -0.125. The molecule has 0 radical (unpaired) electrons. The van der Waals surface area contributed by atoms with Crippen molar-refractivity contribution >= 4 is 44.4 Å². The van der Waals surface area contributed by atoms with Crippen molar-refractivity contribution in [3.8, 4) is 0 Å². The van der Waals surface area contributed by atoms with E-state index in [2.05, 4.69) is 5.10 Å². The third kappa shape index (κ3) is 3.96. The molecule has 1 amide bonds. The van der Waals surface area contributed by atoms with Gasteiger partial charge in [-0.05, 0) is 39.0 Å². The van der Waals surface area contributed by atoms with Crippen molar-refractivity contribution in [2.45, 2.75) is 26.3 Å². The van der Waals surface area contributed by atoms with Crippen LogP contribution in [0.5, 0.6) is 0 Å². The highest BCUT2D eigenvalue weighted by Gasteiger charge is 2.47. The van der Waals surface area contributed by atoms with Gasteiger partial charge >= 0.3 is 15.5 Å². The van der Waals surface area contributed by atoms with Crippen molar-refractivity contribution in [1.29, 1.82) is 0 Å². The van der Waals surface area contributed by atoms with Gasteiger partial charge in [-0.25, -0.2) is 5.01 Å². The van der Waals surface area contributed by atoms with Crippen LogP contribution < -0.4 is 9.62 Å². The molecule has 0 saturated heterocycles. The van der Waals surface area contributed by atoms with E-state index in [1.807, 2.05) is 0 Å². The molecule has 1 heterocycles. The van der Waals surface area contributed by atoms with Crippen LogP contribution in [0.4, 0.5) is 24.5 Å². The fourth-order valence-corrected chi connectivity index (χ4v) is 4.21. The molecule has 1 aliphatic heterocycles. The Morgan fingerprint density at radius 1 is 1.12 bits per heavy atom. The molecule has 2 aliphatic rings. The molecule has 3 rings (SSSR count). The molecule has 9 nitrogen and oxygen atoms in total. The second-order valence-corrected chi connectivity index (χ2v) is 8.94. The Bertz CT molecular complexity index is 1240. The highest BCUT2D eigenvalue weighted by Crippen LogP contribution is 2.43. The topological polar surface area (TPSA) is 119 Å². The summed E-state index contributed by atoms with van der Waals surface area (Å²) in [6, 6.07) is 3.90. The number of hydrazone groups is 1. The van der Waals surface area contributed by atoms with Gasteiger partial charge in [0.1, 0.15) is 5.76 Å². The van der Waals surface area contributed by atoms with Crippen LogP contribution in [0.3, 0.4) is 0 Å². The van der Waals surface area contributed by atoms with Crippen molar-refractivity contribution in [2.75, 3.05) is 29.8 Å². The number of nitrogens with one attached hydrogen (secondary N) is 1. The molecule has 178 valence electrons. The number of halogens is 3. The second-order valence-electron chi connectivity index (χ2n) is 7.27. The Hall–Kier alpha value is -3.35. The smallest absolute Gasteiger partial charge is 0.506 e. The monoisotopic (exact) mass is 486 g/mol. The average Bonchev–Trinajstić information content (AvgIpc) is 2.96. The van der Waals surface area contributed by atoms with E-state index in [1.54, 1.807) is 18.7 Å². The maximum atomic E-state index is 13.0.